The summed E-state index contributed by atoms with van der Waals surface area (Å²) >= 11 is 0. The van der Waals surface area contributed by atoms with Crippen LogP contribution < -0.4 is 24.4 Å². The second-order valence-electron chi connectivity index (χ2n) is 8.47. The van der Waals surface area contributed by atoms with Gasteiger partial charge in [0.15, 0.2) is 11.5 Å². The van der Waals surface area contributed by atoms with Crippen molar-refractivity contribution in [2.45, 2.75) is 19.5 Å². The summed E-state index contributed by atoms with van der Waals surface area (Å²) in [4.78, 5) is 37.7. The van der Waals surface area contributed by atoms with Crippen LogP contribution in [0, 0.1) is 0 Å². The summed E-state index contributed by atoms with van der Waals surface area (Å²) in [5.41, 5.74) is -1.36. The Balaban J connectivity index is 1.65. The largest absolute Gasteiger partial charge is 0.493 e. The Kier molecular flexibility index (Phi) is 8.51. The number of fused-ring (bicyclic) bond motifs is 1. The van der Waals surface area contributed by atoms with E-state index in [2.05, 4.69) is 0 Å². The van der Waals surface area contributed by atoms with E-state index < -0.39 is 40.6 Å². The van der Waals surface area contributed by atoms with E-state index in [9.17, 15) is 27.6 Å². The van der Waals surface area contributed by atoms with Crippen LogP contribution in [0.3, 0.4) is 0 Å². The molecule has 0 spiro atoms. The van der Waals surface area contributed by atoms with E-state index in [0.717, 1.165) is 12.1 Å². The van der Waals surface area contributed by atoms with Crippen molar-refractivity contribution in [3.8, 4) is 28.7 Å². The van der Waals surface area contributed by atoms with Gasteiger partial charge in [0.25, 0.3) is 5.76 Å². The van der Waals surface area contributed by atoms with Gasteiger partial charge in [-0.2, -0.15) is 13.2 Å². The maximum atomic E-state index is 13.9. The van der Waals surface area contributed by atoms with Crippen LogP contribution in [0.1, 0.15) is 39.8 Å². The highest BCUT2D eigenvalue weighted by Gasteiger charge is 2.40. The smallest absolute Gasteiger partial charge is 0.453 e. The molecule has 41 heavy (non-hydrogen) atoms. The standard InChI is InChI=1S/C29H23F3O9/c1-4-13-38-27(34)16-5-8-18(9-6-16)39-25-24(33)20-11-10-19(15-22(20)41-26(25)29(30,31)32)40-28(35)17-7-12-21(36-2)23(14-17)37-3/h5-12,14-15H,4,13H2,1-3H3. The van der Waals surface area contributed by atoms with Crippen LogP contribution in [0.15, 0.2) is 69.9 Å². The Labute approximate surface area is 231 Å². The molecule has 0 saturated heterocycles. The molecule has 0 fully saturated rings. The molecule has 12 heteroatoms. The zero-order chi connectivity index (χ0) is 29.7. The molecule has 0 amide bonds. The van der Waals surface area contributed by atoms with E-state index in [-0.39, 0.29) is 40.4 Å². The van der Waals surface area contributed by atoms with E-state index in [1.165, 1.54) is 62.8 Å². The van der Waals surface area contributed by atoms with Crippen LogP contribution >= 0.6 is 0 Å². The molecular formula is C29H23F3O9. The van der Waals surface area contributed by atoms with Crippen LogP contribution in [-0.2, 0) is 10.9 Å². The Hall–Kier alpha value is -5.00. The third kappa shape index (κ3) is 6.43. The van der Waals surface area contributed by atoms with Crippen LogP contribution in [0.4, 0.5) is 13.2 Å². The van der Waals surface area contributed by atoms with Crippen molar-refractivity contribution in [3.63, 3.8) is 0 Å². The Morgan fingerprint density at radius 3 is 2.12 bits per heavy atom. The number of halogens is 3. The minimum atomic E-state index is -5.11. The van der Waals surface area contributed by atoms with Crippen LogP contribution in [0.2, 0.25) is 0 Å². The lowest BCUT2D eigenvalue weighted by Gasteiger charge is -2.14. The molecule has 4 rings (SSSR count). The first-order chi connectivity index (χ1) is 19.5. The summed E-state index contributed by atoms with van der Waals surface area (Å²) in [5.74, 6) is -3.92. The zero-order valence-corrected chi connectivity index (χ0v) is 22.0. The maximum absolute atomic E-state index is 13.9. The van der Waals surface area contributed by atoms with Crippen LogP contribution in [-0.4, -0.2) is 32.8 Å². The number of esters is 2. The summed E-state index contributed by atoms with van der Waals surface area (Å²) in [5, 5.41) is -0.251. The van der Waals surface area contributed by atoms with Gasteiger partial charge in [0.05, 0.1) is 37.3 Å². The molecule has 1 heterocycles. The second kappa shape index (κ2) is 12.0. The highest BCUT2D eigenvalue weighted by atomic mass is 19.4. The van der Waals surface area contributed by atoms with Gasteiger partial charge >= 0.3 is 18.1 Å². The summed E-state index contributed by atoms with van der Waals surface area (Å²) < 4.78 is 72.7. The lowest BCUT2D eigenvalue weighted by Crippen LogP contribution is -2.16. The molecule has 0 radical (unpaired) electrons. The number of carbonyl (C=O) groups is 2. The quantitative estimate of drug-likeness (QED) is 0.166. The van der Waals surface area contributed by atoms with Gasteiger partial charge in [-0.3, -0.25) is 4.79 Å². The molecule has 4 aromatic rings. The normalized spacial score (nSPS) is 11.2. The minimum absolute atomic E-state index is 0.0774. The monoisotopic (exact) mass is 572 g/mol. The highest BCUT2D eigenvalue weighted by molar-refractivity contribution is 5.92. The van der Waals surface area contributed by atoms with Gasteiger partial charge in [-0.1, -0.05) is 6.92 Å². The second-order valence-corrected chi connectivity index (χ2v) is 8.47. The number of ether oxygens (including phenoxy) is 5. The number of hydrogen-bond donors (Lipinski definition) is 0. The number of hydrogen-bond acceptors (Lipinski definition) is 9. The predicted molar refractivity (Wildman–Crippen MR) is 139 cm³/mol. The number of rotatable bonds is 9. The van der Waals surface area contributed by atoms with E-state index >= 15 is 0 Å². The fourth-order valence-electron chi connectivity index (χ4n) is 3.68. The van der Waals surface area contributed by atoms with Crippen molar-refractivity contribution < 1.29 is 50.9 Å². The van der Waals surface area contributed by atoms with Crippen molar-refractivity contribution in [2.75, 3.05) is 20.8 Å². The van der Waals surface area contributed by atoms with Gasteiger partial charge < -0.3 is 28.1 Å². The Morgan fingerprint density at radius 2 is 1.49 bits per heavy atom. The fourth-order valence-corrected chi connectivity index (χ4v) is 3.68. The molecule has 3 aromatic carbocycles. The first kappa shape index (κ1) is 29.0. The SMILES string of the molecule is CCCOC(=O)c1ccc(Oc2c(C(F)(F)F)oc3cc(OC(=O)c4ccc(OC)c(OC)c4)ccc3c2=O)cc1. The summed E-state index contributed by atoms with van der Waals surface area (Å²) in [6, 6.07) is 12.7. The highest BCUT2D eigenvalue weighted by Crippen LogP contribution is 2.39. The van der Waals surface area contributed by atoms with E-state index in [1.54, 1.807) is 0 Å². The first-order valence-corrected chi connectivity index (χ1v) is 12.1. The molecule has 0 bridgehead atoms. The minimum Gasteiger partial charge on any atom is -0.493 e. The topological polar surface area (TPSA) is 110 Å². The molecule has 0 unspecified atom stereocenters. The zero-order valence-electron chi connectivity index (χ0n) is 22.0. The summed E-state index contributed by atoms with van der Waals surface area (Å²) in [6.07, 6.45) is -4.49. The first-order valence-electron chi connectivity index (χ1n) is 12.1. The number of methoxy groups -OCH3 is 2. The molecule has 0 N–H and O–H groups in total. The molecule has 1 aromatic heterocycles. The van der Waals surface area contributed by atoms with Gasteiger partial charge in [-0.25, -0.2) is 9.59 Å². The van der Waals surface area contributed by atoms with Crippen molar-refractivity contribution in [1.29, 1.82) is 0 Å². The van der Waals surface area contributed by atoms with Gasteiger partial charge in [0.2, 0.25) is 11.2 Å². The molecule has 214 valence electrons. The molecule has 9 nitrogen and oxygen atoms in total. The van der Waals surface area contributed by atoms with Gasteiger partial charge in [0.1, 0.15) is 17.1 Å². The Morgan fingerprint density at radius 1 is 0.829 bits per heavy atom. The number of carbonyl (C=O) groups excluding carboxylic acids is 2. The van der Waals surface area contributed by atoms with Crippen molar-refractivity contribution in [1.82, 2.24) is 0 Å². The van der Waals surface area contributed by atoms with E-state index in [1.807, 2.05) is 6.92 Å². The van der Waals surface area contributed by atoms with Crippen molar-refractivity contribution >= 4 is 22.9 Å². The fraction of sp³-hybridized carbons (Fsp3) is 0.207. The van der Waals surface area contributed by atoms with Gasteiger partial charge in [-0.15, -0.1) is 0 Å². The van der Waals surface area contributed by atoms with Gasteiger partial charge in [-0.05, 0) is 61.0 Å². The van der Waals surface area contributed by atoms with E-state index in [4.69, 9.17) is 28.1 Å². The molecular weight excluding hydrogens is 549 g/mol. The van der Waals surface area contributed by atoms with Crippen molar-refractivity contribution in [2.24, 2.45) is 0 Å². The Bertz CT molecular complexity index is 1640. The van der Waals surface area contributed by atoms with E-state index in [0.29, 0.717) is 12.2 Å². The number of benzene rings is 3. The molecule has 0 atom stereocenters. The van der Waals surface area contributed by atoms with Crippen LogP contribution in [0.5, 0.6) is 28.7 Å². The third-order valence-corrected chi connectivity index (χ3v) is 5.66. The number of alkyl halides is 3. The predicted octanol–water partition coefficient (Wildman–Crippen LogP) is 6.41. The lowest BCUT2D eigenvalue weighted by molar-refractivity contribution is -0.154. The average molecular weight is 572 g/mol. The van der Waals surface area contributed by atoms with Crippen molar-refractivity contribution in [3.05, 3.63) is 87.8 Å². The maximum Gasteiger partial charge on any atom is 0.453 e. The average Bonchev–Trinajstić information content (AvgIpc) is 2.96. The third-order valence-electron chi connectivity index (χ3n) is 5.66. The van der Waals surface area contributed by atoms with Crippen LogP contribution in [0.25, 0.3) is 11.0 Å². The molecule has 0 saturated carbocycles. The molecule has 0 aliphatic heterocycles. The summed E-state index contributed by atoms with van der Waals surface area (Å²) in [6.45, 7) is 2.03. The molecule has 0 aliphatic carbocycles. The lowest BCUT2D eigenvalue weighted by atomic mass is 10.2. The molecule has 0 aliphatic rings. The summed E-state index contributed by atoms with van der Waals surface area (Å²) in [7, 11) is 2.81. The van der Waals surface area contributed by atoms with Gasteiger partial charge in [0, 0.05) is 6.07 Å².